The Morgan fingerprint density at radius 3 is 2.95 bits per heavy atom. The molecule has 7 nitrogen and oxygen atoms in total. The third-order valence-corrected chi connectivity index (χ3v) is 3.67. The number of hydrogen-bond donors (Lipinski definition) is 1. The summed E-state index contributed by atoms with van der Waals surface area (Å²) in [5, 5.41) is 4.31. The number of anilines is 2. The fraction of sp³-hybridized carbons (Fsp3) is 0.286. The van der Waals surface area contributed by atoms with E-state index in [0.717, 1.165) is 43.1 Å². The summed E-state index contributed by atoms with van der Waals surface area (Å²) in [7, 11) is 0. The SMILES string of the molecule is Nc1cc2n(n1)CCCN(c1ccc3nccnc3n1)C2. The minimum Gasteiger partial charge on any atom is -0.382 e. The van der Waals surface area contributed by atoms with Crippen LogP contribution in [0.1, 0.15) is 12.1 Å². The first-order valence-corrected chi connectivity index (χ1v) is 6.94. The largest absolute Gasteiger partial charge is 0.382 e. The number of aromatic nitrogens is 5. The molecule has 3 aromatic heterocycles. The summed E-state index contributed by atoms with van der Waals surface area (Å²) in [6.45, 7) is 2.57. The fourth-order valence-corrected chi connectivity index (χ4v) is 2.70. The third kappa shape index (κ3) is 2.16. The normalized spacial score (nSPS) is 15.0. The molecule has 7 heteroatoms. The monoisotopic (exact) mass is 281 g/mol. The number of pyridine rings is 1. The first-order chi connectivity index (χ1) is 10.3. The van der Waals surface area contributed by atoms with E-state index in [0.29, 0.717) is 11.5 Å². The van der Waals surface area contributed by atoms with Crippen LogP contribution < -0.4 is 10.6 Å². The standard InChI is InChI=1S/C14H15N7/c15-12-8-10-9-20(6-1-7-21(10)19-12)13-3-2-11-14(18-13)17-5-4-16-11/h2-5,8H,1,6-7,9H2,(H2,15,19). The second kappa shape index (κ2) is 4.69. The molecule has 0 saturated heterocycles. The molecule has 4 heterocycles. The molecule has 0 amide bonds. The smallest absolute Gasteiger partial charge is 0.180 e. The maximum Gasteiger partial charge on any atom is 0.180 e. The van der Waals surface area contributed by atoms with Crippen molar-refractivity contribution in [2.45, 2.75) is 19.5 Å². The Balaban J connectivity index is 1.71. The summed E-state index contributed by atoms with van der Waals surface area (Å²) in [5.41, 5.74) is 8.38. The van der Waals surface area contributed by atoms with Crippen molar-refractivity contribution in [2.75, 3.05) is 17.2 Å². The number of aryl methyl sites for hydroxylation is 1. The highest BCUT2D eigenvalue weighted by molar-refractivity contribution is 5.71. The van der Waals surface area contributed by atoms with Crippen molar-refractivity contribution in [3.8, 4) is 0 Å². The third-order valence-electron chi connectivity index (χ3n) is 3.67. The predicted molar refractivity (Wildman–Crippen MR) is 79.6 cm³/mol. The Morgan fingerprint density at radius 1 is 1.10 bits per heavy atom. The van der Waals surface area contributed by atoms with Crippen LogP contribution >= 0.6 is 0 Å². The van der Waals surface area contributed by atoms with Gasteiger partial charge in [0.2, 0.25) is 0 Å². The lowest BCUT2D eigenvalue weighted by atomic mass is 10.3. The van der Waals surface area contributed by atoms with Gasteiger partial charge in [-0.25, -0.2) is 9.97 Å². The van der Waals surface area contributed by atoms with E-state index in [1.165, 1.54) is 0 Å². The Bertz CT molecular complexity index is 795. The zero-order valence-corrected chi connectivity index (χ0v) is 11.5. The molecule has 3 aromatic rings. The van der Waals surface area contributed by atoms with Gasteiger partial charge in [-0.3, -0.25) is 9.67 Å². The highest BCUT2D eigenvalue weighted by Crippen LogP contribution is 2.21. The van der Waals surface area contributed by atoms with Gasteiger partial charge in [-0.15, -0.1) is 0 Å². The number of nitrogens with zero attached hydrogens (tertiary/aromatic N) is 6. The Labute approximate surface area is 121 Å². The molecule has 0 fully saturated rings. The molecule has 0 saturated carbocycles. The van der Waals surface area contributed by atoms with Gasteiger partial charge < -0.3 is 10.6 Å². The van der Waals surface area contributed by atoms with Gasteiger partial charge in [0, 0.05) is 31.5 Å². The summed E-state index contributed by atoms with van der Waals surface area (Å²) >= 11 is 0. The Morgan fingerprint density at radius 2 is 2.00 bits per heavy atom. The van der Waals surface area contributed by atoms with Crippen LogP contribution in [0.3, 0.4) is 0 Å². The van der Waals surface area contributed by atoms with E-state index in [2.05, 4.69) is 25.0 Å². The summed E-state index contributed by atoms with van der Waals surface area (Å²) < 4.78 is 1.98. The van der Waals surface area contributed by atoms with Gasteiger partial charge >= 0.3 is 0 Å². The molecule has 0 aliphatic carbocycles. The maximum absolute atomic E-state index is 5.78. The molecule has 4 rings (SSSR count). The minimum atomic E-state index is 0.573. The average molecular weight is 281 g/mol. The zero-order valence-electron chi connectivity index (χ0n) is 11.5. The quantitative estimate of drug-likeness (QED) is 0.721. The molecule has 0 unspecified atom stereocenters. The number of fused-ring (bicyclic) bond motifs is 2. The minimum absolute atomic E-state index is 0.573. The van der Waals surface area contributed by atoms with Gasteiger partial charge in [0.05, 0.1) is 12.2 Å². The molecule has 0 atom stereocenters. The van der Waals surface area contributed by atoms with Crippen LogP contribution in [0.4, 0.5) is 11.6 Å². The molecule has 1 aliphatic rings. The maximum atomic E-state index is 5.78. The van der Waals surface area contributed by atoms with Crippen LogP contribution in [0.2, 0.25) is 0 Å². The summed E-state index contributed by atoms with van der Waals surface area (Å²) in [4.78, 5) is 15.4. The van der Waals surface area contributed by atoms with E-state index in [4.69, 9.17) is 5.73 Å². The van der Waals surface area contributed by atoms with Crippen molar-refractivity contribution in [2.24, 2.45) is 0 Å². The molecule has 0 aromatic carbocycles. The molecule has 21 heavy (non-hydrogen) atoms. The van der Waals surface area contributed by atoms with Crippen molar-refractivity contribution < 1.29 is 0 Å². The summed E-state index contributed by atoms with van der Waals surface area (Å²) in [6.07, 6.45) is 4.35. The average Bonchev–Trinajstić information content (AvgIpc) is 2.74. The number of hydrogen-bond acceptors (Lipinski definition) is 6. The molecular weight excluding hydrogens is 266 g/mol. The van der Waals surface area contributed by atoms with E-state index in [-0.39, 0.29) is 0 Å². The van der Waals surface area contributed by atoms with Crippen molar-refractivity contribution in [1.29, 1.82) is 0 Å². The van der Waals surface area contributed by atoms with Gasteiger partial charge in [-0.05, 0) is 18.6 Å². The zero-order chi connectivity index (χ0) is 14.2. The molecule has 0 radical (unpaired) electrons. The second-order valence-electron chi connectivity index (χ2n) is 5.13. The van der Waals surface area contributed by atoms with E-state index in [9.17, 15) is 0 Å². The van der Waals surface area contributed by atoms with Crippen LogP contribution in [0, 0.1) is 0 Å². The topological polar surface area (TPSA) is 85.8 Å². The van der Waals surface area contributed by atoms with Gasteiger partial charge in [0.25, 0.3) is 0 Å². The highest BCUT2D eigenvalue weighted by Gasteiger charge is 2.17. The first kappa shape index (κ1) is 12.1. The highest BCUT2D eigenvalue weighted by atomic mass is 15.3. The number of rotatable bonds is 1. The molecule has 106 valence electrons. The number of nitrogen functional groups attached to an aromatic ring is 1. The molecule has 0 bridgehead atoms. The fourth-order valence-electron chi connectivity index (χ4n) is 2.70. The van der Waals surface area contributed by atoms with Crippen LogP contribution in [0.5, 0.6) is 0 Å². The second-order valence-corrected chi connectivity index (χ2v) is 5.13. The summed E-state index contributed by atoms with van der Waals surface area (Å²) in [5.74, 6) is 1.49. The van der Waals surface area contributed by atoms with E-state index in [1.807, 2.05) is 22.9 Å². The van der Waals surface area contributed by atoms with Crippen LogP contribution in [0.25, 0.3) is 11.2 Å². The summed E-state index contributed by atoms with van der Waals surface area (Å²) in [6, 6.07) is 5.88. The van der Waals surface area contributed by atoms with E-state index < -0.39 is 0 Å². The number of nitrogens with two attached hydrogens (primary N) is 1. The Kier molecular flexibility index (Phi) is 2.70. The lowest BCUT2D eigenvalue weighted by molar-refractivity contribution is 0.593. The van der Waals surface area contributed by atoms with Gasteiger partial charge in [-0.2, -0.15) is 5.10 Å². The van der Waals surface area contributed by atoms with E-state index >= 15 is 0 Å². The van der Waals surface area contributed by atoms with Gasteiger partial charge in [0.15, 0.2) is 5.65 Å². The van der Waals surface area contributed by atoms with Crippen LogP contribution in [-0.2, 0) is 13.1 Å². The predicted octanol–water partition coefficient (Wildman–Crippen LogP) is 1.21. The Hall–Kier alpha value is -2.70. The molecular formula is C14H15N7. The van der Waals surface area contributed by atoms with Crippen molar-refractivity contribution in [1.82, 2.24) is 24.7 Å². The lowest BCUT2D eigenvalue weighted by Crippen LogP contribution is -2.23. The van der Waals surface area contributed by atoms with Crippen LogP contribution in [0.15, 0.2) is 30.6 Å². The molecule has 2 N–H and O–H groups in total. The van der Waals surface area contributed by atoms with Gasteiger partial charge in [0.1, 0.15) is 17.2 Å². The van der Waals surface area contributed by atoms with Crippen molar-refractivity contribution >= 4 is 22.8 Å². The molecule has 0 spiro atoms. The first-order valence-electron chi connectivity index (χ1n) is 6.94. The van der Waals surface area contributed by atoms with Crippen molar-refractivity contribution in [3.63, 3.8) is 0 Å². The molecule has 1 aliphatic heterocycles. The van der Waals surface area contributed by atoms with Gasteiger partial charge in [-0.1, -0.05) is 0 Å². The van der Waals surface area contributed by atoms with E-state index in [1.54, 1.807) is 12.4 Å². The van der Waals surface area contributed by atoms with Crippen LogP contribution in [-0.4, -0.2) is 31.3 Å². The van der Waals surface area contributed by atoms with Crippen molar-refractivity contribution in [3.05, 3.63) is 36.3 Å². The lowest BCUT2D eigenvalue weighted by Gasteiger charge is -2.21.